The van der Waals surface area contributed by atoms with Gasteiger partial charge in [0.15, 0.2) is 0 Å². The van der Waals surface area contributed by atoms with Crippen LogP contribution in [0.4, 0.5) is 0 Å². The van der Waals surface area contributed by atoms with Crippen LogP contribution < -0.4 is 5.32 Å². The fourth-order valence-electron chi connectivity index (χ4n) is 1.36. The molecular weight excluding hydrogens is 138 g/mol. The van der Waals surface area contributed by atoms with E-state index in [1.165, 1.54) is 6.42 Å². The molecule has 0 aliphatic heterocycles. The zero-order valence-electron chi connectivity index (χ0n) is 7.56. The van der Waals surface area contributed by atoms with E-state index in [1.807, 2.05) is 0 Å². The van der Waals surface area contributed by atoms with Crippen LogP contribution in [-0.4, -0.2) is 23.8 Å². The first kappa shape index (κ1) is 9.01. The van der Waals surface area contributed by atoms with Crippen LogP contribution in [0.5, 0.6) is 0 Å². The van der Waals surface area contributed by atoms with Crippen molar-refractivity contribution >= 4 is 0 Å². The zero-order chi connectivity index (χ0) is 8.32. The van der Waals surface area contributed by atoms with Crippen molar-refractivity contribution in [3.05, 3.63) is 0 Å². The van der Waals surface area contributed by atoms with Gasteiger partial charge in [0.25, 0.3) is 0 Å². The van der Waals surface area contributed by atoms with Gasteiger partial charge in [-0.2, -0.15) is 0 Å². The van der Waals surface area contributed by atoms with Crippen LogP contribution in [0.2, 0.25) is 0 Å². The molecule has 0 radical (unpaired) electrons. The summed E-state index contributed by atoms with van der Waals surface area (Å²) < 4.78 is 0. The molecule has 1 fully saturated rings. The quantitative estimate of drug-likeness (QED) is 0.641. The molecule has 2 heteroatoms. The lowest BCUT2D eigenvalue weighted by Crippen LogP contribution is -2.46. The van der Waals surface area contributed by atoms with Crippen LogP contribution in [0.25, 0.3) is 0 Å². The molecule has 0 aromatic carbocycles. The standard InChI is InChI=1S/C9H19NO/c1-8(2)6-10-7-9(11)4-3-5-9/h8,10-11H,3-7H2,1-2H3. The zero-order valence-corrected chi connectivity index (χ0v) is 7.56. The highest BCUT2D eigenvalue weighted by atomic mass is 16.3. The normalized spacial score (nSPS) is 21.8. The SMILES string of the molecule is CC(C)CNCC1(O)CCC1. The Morgan fingerprint density at radius 3 is 2.45 bits per heavy atom. The second kappa shape index (κ2) is 3.55. The number of rotatable bonds is 4. The molecule has 2 nitrogen and oxygen atoms in total. The molecule has 0 heterocycles. The summed E-state index contributed by atoms with van der Waals surface area (Å²) in [5, 5.41) is 12.9. The number of hydrogen-bond donors (Lipinski definition) is 2. The summed E-state index contributed by atoms with van der Waals surface area (Å²) in [5.74, 6) is 0.679. The molecule has 1 aliphatic rings. The molecule has 0 bridgehead atoms. The van der Waals surface area contributed by atoms with Gasteiger partial charge < -0.3 is 10.4 Å². The van der Waals surface area contributed by atoms with Gasteiger partial charge in [0.2, 0.25) is 0 Å². The van der Waals surface area contributed by atoms with E-state index in [9.17, 15) is 5.11 Å². The van der Waals surface area contributed by atoms with Crippen LogP contribution in [0.15, 0.2) is 0 Å². The summed E-state index contributed by atoms with van der Waals surface area (Å²) in [4.78, 5) is 0. The lowest BCUT2D eigenvalue weighted by molar-refractivity contribution is -0.0315. The van der Waals surface area contributed by atoms with E-state index in [0.717, 1.165) is 25.9 Å². The fraction of sp³-hybridized carbons (Fsp3) is 1.00. The Morgan fingerprint density at radius 2 is 2.09 bits per heavy atom. The van der Waals surface area contributed by atoms with E-state index >= 15 is 0 Å². The van der Waals surface area contributed by atoms with Gasteiger partial charge in [0, 0.05) is 6.54 Å². The Hall–Kier alpha value is -0.0800. The summed E-state index contributed by atoms with van der Waals surface area (Å²) in [6, 6.07) is 0. The smallest absolute Gasteiger partial charge is 0.0771 e. The third kappa shape index (κ3) is 2.80. The van der Waals surface area contributed by atoms with Crippen molar-refractivity contribution in [2.45, 2.75) is 38.7 Å². The second-order valence-corrected chi connectivity index (χ2v) is 4.10. The van der Waals surface area contributed by atoms with Gasteiger partial charge in [-0.25, -0.2) is 0 Å². The summed E-state index contributed by atoms with van der Waals surface area (Å²) >= 11 is 0. The van der Waals surface area contributed by atoms with Crippen LogP contribution in [0.1, 0.15) is 33.1 Å². The Kier molecular flexibility index (Phi) is 2.90. The van der Waals surface area contributed by atoms with Gasteiger partial charge >= 0.3 is 0 Å². The molecule has 0 unspecified atom stereocenters. The minimum Gasteiger partial charge on any atom is -0.389 e. The highest BCUT2D eigenvalue weighted by molar-refractivity contribution is 4.89. The molecule has 2 N–H and O–H groups in total. The summed E-state index contributed by atoms with van der Waals surface area (Å²) in [6.45, 7) is 6.16. The molecule has 11 heavy (non-hydrogen) atoms. The minimum absolute atomic E-state index is 0.352. The Bertz CT molecular complexity index is 119. The maximum absolute atomic E-state index is 9.66. The third-order valence-electron chi connectivity index (χ3n) is 2.29. The van der Waals surface area contributed by atoms with Crippen molar-refractivity contribution < 1.29 is 5.11 Å². The van der Waals surface area contributed by atoms with Gasteiger partial charge in [-0.05, 0) is 31.7 Å². The van der Waals surface area contributed by atoms with E-state index in [2.05, 4.69) is 19.2 Å². The minimum atomic E-state index is -0.352. The van der Waals surface area contributed by atoms with Crippen molar-refractivity contribution in [3.8, 4) is 0 Å². The predicted molar refractivity (Wildman–Crippen MR) is 46.5 cm³/mol. The van der Waals surface area contributed by atoms with E-state index < -0.39 is 0 Å². The van der Waals surface area contributed by atoms with Gasteiger partial charge in [-0.15, -0.1) is 0 Å². The highest BCUT2D eigenvalue weighted by Gasteiger charge is 2.33. The molecule has 0 spiro atoms. The Labute approximate surface area is 69.0 Å². The van der Waals surface area contributed by atoms with Crippen LogP contribution in [0, 0.1) is 5.92 Å². The highest BCUT2D eigenvalue weighted by Crippen LogP contribution is 2.30. The molecule has 1 rings (SSSR count). The summed E-state index contributed by atoms with van der Waals surface area (Å²) in [6.07, 6.45) is 3.16. The predicted octanol–water partition coefficient (Wildman–Crippen LogP) is 1.15. The van der Waals surface area contributed by atoms with Crippen molar-refractivity contribution in [1.29, 1.82) is 0 Å². The number of hydrogen-bond acceptors (Lipinski definition) is 2. The van der Waals surface area contributed by atoms with Crippen LogP contribution in [0.3, 0.4) is 0 Å². The van der Waals surface area contributed by atoms with Crippen molar-refractivity contribution in [3.63, 3.8) is 0 Å². The topological polar surface area (TPSA) is 32.3 Å². The molecule has 0 atom stereocenters. The van der Waals surface area contributed by atoms with Gasteiger partial charge in [0.1, 0.15) is 0 Å². The molecule has 0 saturated heterocycles. The van der Waals surface area contributed by atoms with Crippen molar-refractivity contribution in [1.82, 2.24) is 5.32 Å². The Balaban J connectivity index is 2.02. The first-order chi connectivity index (χ1) is 5.12. The molecule has 0 aromatic heterocycles. The molecule has 0 aromatic rings. The molecular formula is C9H19NO. The summed E-state index contributed by atoms with van der Waals surface area (Å²) in [7, 11) is 0. The molecule has 1 saturated carbocycles. The van der Waals surface area contributed by atoms with Gasteiger partial charge in [-0.1, -0.05) is 13.8 Å². The van der Waals surface area contributed by atoms with Crippen molar-refractivity contribution in [2.75, 3.05) is 13.1 Å². The average Bonchev–Trinajstić information content (AvgIpc) is 1.83. The molecule has 66 valence electrons. The van der Waals surface area contributed by atoms with E-state index in [4.69, 9.17) is 0 Å². The maximum atomic E-state index is 9.66. The largest absolute Gasteiger partial charge is 0.389 e. The monoisotopic (exact) mass is 157 g/mol. The van der Waals surface area contributed by atoms with Crippen LogP contribution in [-0.2, 0) is 0 Å². The average molecular weight is 157 g/mol. The molecule has 0 amide bonds. The van der Waals surface area contributed by atoms with Gasteiger partial charge in [-0.3, -0.25) is 0 Å². The first-order valence-corrected chi connectivity index (χ1v) is 4.55. The first-order valence-electron chi connectivity index (χ1n) is 4.55. The lowest BCUT2D eigenvalue weighted by atomic mass is 9.80. The van der Waals surface area contributed by atoms with Crippen LogP contribution >= 0.6 is 0 Å². The fourth-order valence-corrected chi connectivity index (χ4v) is 1.36. The number of nitrogens with one attached hydrogen (secondary N) is 1. The van der Waals surface area contributed by atoms with E-state index in [1.54, 1.807) is 0 Å². The van der Waals surface area contributed by atoms with E-state index in [0.29, 0.717) is 5.92 Å². The van der Waals surface area contributed by atoms with Crippen molar-refractivity contribution in [2.24, 2.45) is 5.92 Å². The maximum Gasteiger partial charge on any atom is 0.0771 e. The van der Waals surface area contributed by atoms with E-state index in [-0.39, 0.29) is 5.60 Å². The molecule has 1 aliphatic carbocycles. The lowest BCUT2D eigenvalue weighted by Gasteiger charge is -2.36. The third-order valence-corrected chi connectivity index (χ3v) is 2.29. The van der Waals surface area contributed by atoms with Gasteiger partial charge in [0.05, 0.1) is 5.60 Å². The summed E-state index contributed by atoms with van der Waals surface area (Å²) in [5.41, 5.74) is -0.352. The Morgan fingerprint density at radius 1 is 1.45 bits per heavy atom. The second-order valence-electron chi connectivity index (χ2n) is 4.10. The number of aliphatic hydroxyl groups is 1.